The second-order valence-electron chi connectivity index (χ2n) is 5.15. The predicted octanol–water partition coefficient (Wildman–Crippen LogP) is 3.55. The molecule has 0 unspecified atom stereocenters. The van der Waals surface area contributed by atoms with E-state index in [2.05, 4.69) is 58.2 Å². The van der Waals surface area contributed by atoms with Crippen molar-refractivity contribution in [1.29, 1.82) is 0 Å². The van der Waals surface area contributed by atoms with Gasteiger partial charge in [-0.25, -0.2) is 0 Å². The van der Waals surface area contributed by atoms with Crippen molar-refractivity contribution in [2.45, 2.75) is 19.6 Å². The predicted molar refractivity (Wildman–Crippen MR) is 90.2 cm³/mol. The molecule has 0 bridgehead atoms. The Kier molecular flexibility index (Phi) is 5.79. The van der Waals surface area contributed by atoms with Gasteiger partial charge >= 0.3 is 0 Å². The standard InChI is InChI=1S/C17H21BrN2O/c1-20(11-13-4-7-16(21-2)8-5-13)12-15-6-3-14(10-19)9-17(15)18/h3-9H,10-12,19H2,1-2H3. The van der Waals surface area contributed by atoms with E-state index < -0.39 is 0 Å². The maximum Gasteiger partial charge on any atom is 0.118 e. The minimum Gasteiger partial charge on any atom is -0.497 e. The lowest BCUT2D eigenvalue weighted by Crippen LogP contribution is -2.17. The molecule has 0 aliphatic heterocycles. The van der Waals surface area contributed by atoms with Gasteiger partial charge in [-0.1, -0.05) is 40.2 Å². The highest BCUT2D eigenvalue weighted by Crippen LogP contribution is 2.21. The molecule has 0 aliphatic rings. The molecule has 0 aliphatic carbocycles. The molecule has 0 aromatic heterocycles. The molecule has 112 valence electrons. The Balaban J connectivity index is 1.98. The highest BCUT2D eigenvalue weighted by atomic mass is 79.9. The molecule has 0 heterocycles. The number of rotatable bonds is 6. The van der Waals surface area contributed by atoms with Gasteiger partial charge in [-0.2, -0.15) is 0 Å². The van der Waals surface area contributed by atoms with Crippen LogP contribution in [0.2, 0.25) is 0 Å². The maximum absolute atomic E-state index is 5.65. The molecule has 0 amide bonds. The third kappa shape index (κ3) is 4.56. The second kappa shape index (κ2) is 7.59. The molecule has 3 nitrogen and oxygen atoms in total. The Morgan fingerprint density at radius 2 is 1.71 bits per heavy atom. The zero-order chi connectivity index (χ0) is 15.2. The first-order valence-electron chi connectivity index (χ1n) is 6.91. The van der Waals surface area contributed by atoms with Crippen molar-refractivity contribution in [1.82, 2.24) is 4.90 Å². The molecular formula is C17H21BrN2O. The first kappa shape index (κ1) is 16.0. The number of hydrogen-bond acceptors (Lipinski definition) is 3. The van der Waals surface area contributed by atoms with Crippen LogP contribution in [0.3, 0.4) is 0 Å². The molecule has 21 heavy (non-hydrogen) atoms. The van der Waals surface area contributed by atoms with Crippen LogP contribution >= 0.6 is 15.9 Å². The van der Waals surface area contributed by atoms with Gasteiger partial charge in [0.25, 0.3) is 0 Å². The minimum atomic E-state index is 0.570. The molecule has 0 atom stereocenters. The summed E-state index contributed by atoms with van der Waals surface area (Å²) in [6.07, 6.45) is 0. The van der Waals surface area contributed by atoms with Gasteiger partial charge in [0.1, 0.15) is 5.75 Å². The summed E-state index contributed by atoms with van der Waals surface area (Å²) in [4.78, 5) is 2.28. The Labute approximate surface area is 134 Å². The second-order valence-corrected chi connectivity index (χ2v) is 6.00. The molecule has 2 aromatic carbocycles. The van der Waals surface area contributed by atoms with Crippen LogP contribution in [0.5, 0.6) is 5.75 Å². The average Bonchev–Trinajstić information content (AvgIpc) is 2.50. The summed E-state index contributed by atoms with van der Waals surface area (Å²) in [5.74, 6) is 0.890. The van der Waals surface area contributed by atoms with Gasteiger partial charge < -0.3 is 10.5 Å². The first-order valence-corrected chi connectivity index (χ1v) is 7.70. The van der Waals surface area contributed by atoms with Crippen molar-refractivity contribution in [2.75, 3.05) is 14.2 Å². The summed E-state index contributed by atoms with van der Waals surface area (Å²) in [6.45, 7) is 2.35. The fourth-order valence-electron chi connectivity index (χ4n) is 2.24. The number of nitrogens with zero attached hydrogens (tertiary/aromatic N) is 1. The molecular weight excluding hydrogens is 328 g/mol. The lowest BCUT2D eigenvalue weighted by atomic mass is 10.1. The molecule has 2 aromatic rings. The van der Waals surface area contributed by atoms with Crippen molar-refractivity contribution in [3.8, 4) is 5.75 Å². The molecule has 2 N–H and O–H groups in total. The van der Waals surface area contributed by atoms with Gasteiger partial charge in [0.2, 0.25) is 0 Å². The number of benzene rings is 2. The molecule has 0 fully saturated rings. The number of hydrogen-bond donors (Lipinski definition) is 1. The average molecular weight is 349 g/mol. The third-order valence-corrected chi connectivity index (χ3v) is 4.14. The van der Waals surface area contributed by atoms with E-state index in [-0.39, 0.29) is 0 Å². The van der Waals surface area contributed by atoms with Crippen LogP contribution in [0, 0.1) is 0 Å². The summed E-state index contributed by atoms with van der Waals surface area (Å²) in [5.41, 5.74) is 9.33. The van der Waals surface area contributed by atoms with E-state index in [0.717, 1.165) is 28.9 Å². The number of ether oxygens (including phenoxy) is 1. The van der Waals surface area contributed by atoms with Gasteiger partial charge in [0, 0.05) is 24.1 Å². The quantitative estimate of drug-likeness (QED) is 0.867. The zero-order valence-electron chi connectivity index (χ0n) is 12.5. The van der Waals surface area contributed by atoms with E-state index in [0.29, 0.717) is 6.54 Å². The molecule has 4 heteroatoms. The summed E-state index contributed by atoms with van der Waals surface area (Å²) in [7, 11) is 3.80. The fourth-order valence-corrected chi connectivity index (χ4v) is 2.79. The summed E-state index contributed by atoms with van der Waals surface area (Å²) in [5, 5.41) is 0. The van der Waals surface area contributed by atoms with E-state index in [4.69, 9.17) is 10.5 Å². The van der Waals surface area contributed by atoms with Crippen LogP contribution in [-0.4, -0.2) is 19.1 Å². The van der Waals surface area contributed by atoms with Crippen molar-refractivity contribution < 1.29 is 4.74 Å². The molecule has 0 saturated heterocycles. The zero-order valence-corrected chi connectivity index (χ0v) is 14.1. The van der Waals surface area contributed by atoms with Crippen LogP contribution in [0.1, 0.15) is 16.7 Å². The smallest absolute Gasteiger partial charge is 0.118 e. The monoisotopic (exact) mass is 348 g/mol. The van der Waals surface area contributed by atoms with Gasteiger partial charge in [-0.3, -0.25) is 4.90 Å². The van der Waals surface area contributed by atoms with Crippen LogP contribution in [0.15, 0.2) is 46.9 Å². The van der Waals surface area contributed by atoms with Crippen LogP contribution < -0.4 is 10.5 Å². The minimum absolute atomic E-state index is 0.570. The Bertz CT molecular complexity index is 584. The fraction of sp³-hybridized carbons (Fsp3) is 0.294. The Morgan fingerprint density at radius 3 is 2.29 bits per heavy atom. The van der Waals surface area contributed by atoms with E-state index >= 15 is 0 Å². The van der Waals surface area contributed by atoms with Gasteiger partial charge in [0.05, 0.1) is 7.11 Å². The van der Waals surface area contributed by atoms with E-state index in [1.807, 2.05) is 12.1 Å². The lowest BCUT2D eigenvalue weighted by Gasteiger charge is -2.18. The van der Waals surface area contributed by atoms with E-state index in [1.54, 1.807) is 7.11 Å². The summed E-state index contributed by atoms with van der Waals surface area (Å²) in [6, 6.07) is 14.5. The largest absolute Gasteiger partial charge is 0.497 e. The van der Waals surface area contributed by atoms with Crippen LogP contribution in [0.4, 0.5) is 0 Å². The van der Waals surface area contributed by atoms with Gasteiger partial charge in [-0.05, 0) is 41.9 Å². The summed E-state index contributed by atoms with van der Waals surface area (Å²) >= 11 is 3.62. The van der Waals surface area contributed by atoms with Crippen molar-refractivity contribution in [2.24, 2.45) is 5.73 Å². The maximum atomic E-state index is 5.65. The normalized spacial score (nSPS) is 10.9. The van der Waals surface area contributed by atoms with Crippen molar-refractivity contribution in [3.05, 3.63) is 63.6 Å². The Hall–Kier alpha value is -1.36. The van der Waals surface area contributed by atoms with Crippen molar-refractivity contribution >= 4 is 15.9 Å². The topological polar surface area (TPSA) is 38.5 Å². The molecule has 0 spiro atoms. The van der Waals surface area contributed by atoms with Crippen LogP contribution in [0.25, 0.3) is 0 Å². The van der Waals surface area contributed by atoms with Crippen molar-refractivity contribution in [3.63, 3.8) is 0 Å². The number of methoxy groups -OCH3 is 1. The molecule has 0 radical (unpaired) electrons. The van der Waals surface area contributed by atoms with Crippen LogP contribution in [-0.2, 0) is 19.6 Å². The number of halogens is 1. The number of nitrogens with two attached hydrogens (primary N) is 1. The highest BCUT2D eigenvalue weighted by Gasteiger charge is 2.06. The van der Waals surface area contributed by atoms with Gasteiger partial charge in [-0.15, -0.1) is 0 Å². The molecule has 0 saturated carbocycles. The lowest BCUT2D eigenvalue weighted by molar-refractivity contribution is 0.318. The van der Waals surface area contributed by atoms with Gasteiger partial charge in [0.15, 0.2) is 0 Å². The SMILES string of the molecule is COc1ccc(CN(C)Cc2ccc(CN)cc2Br)cc1. The van der Waals surface area contributed by atoms with E-state index in [1.165, 1.54) is 11.1 Å². The van der Waals surface area contributed by atoms with E-state index in [9.17, 15) is 0 Å². The Morgan fingerprint density at radius 1 is 1.05 bits per heavy atom. The molecule has 2 rings (SSSR count). The summed E-state index contributed by atoms with van der Waals surface area (Å²) < 4.78 is 6.29. The highest BCUT2D eigenvalue weighted by molar-refractivity contribution is 9.10. The first-order chi connectivity index (χ1) is 10.1. The third-order valence-electron chi connectivity index (χ3n) is 3.40.